The standard InChI is InChI=1S/C25H42N2Si2/c1-28(2,3)26(23-15-9-6-10-16-23)21-22-27(24-17-11-7-12-18-24)29(4,5)25-19-13-8-14-20-25/h8,13-14,19-20,23-24H,6-7,9-12,15-18H2,1-5H3. The Morgan fingerprint density at radius 3 is 1.59 bits per heavy atom. The van der Waals surface area contributed by atoms with Crippen LogP contribution in [0.3, 0.4) is 0 Å². The number of benzene rings is 1. The third-order valence-corrected chi connectivity index (χ3v) is 12.3. The molecule has 0 aromatic heterocycles. The molecule has 2 aliphatic carbocycles. The Labute approximate surface area is 182 Å². The van der Waals surface area contributed by atoms with E-state index in [1.54, 1.807) is 0 Å². The first-order chi connectivity index (χ1) is 13.8. The Bertz CT molecular complexity index is 687. The quantitative estimate of drug-likeness (QED) is 0.318. The summed E-state index contributed by atoms with van der Waals surface area (Å²) in [6.45, 7) is 12.4. The predicted octanol–water partition coefficient (Wildman–Crippen LogP) is 6.12. The van der Waals surface area contributed by atoms with Gasteiger partial charge in [-0.25, -0.2) is 0 Å². The summed E-state index contributed by atoms with van der Waals surface area (Å²) in [6.07, 6.45) is 13.6. The molecular formula is C25H42N2Si2. The molecule has 0 atom stereocenters. The summed E-state index contributed by atoms with van der Waals surface area (Å²) in [4.78, 5) is 0. The van der Waals surface area contributed by atoms with Crippen LogP contribution >= 0.6 is 0 Å². The van der Waals surface area contributed by atoms with Crippen LogP contribution in [0.25, 0.3) is 0 Å². The highest BCUT2D eigenvalue weighted by molar-refractivity contribution is 6.87. The van der Waals surface area contributed by atoms with Gasteiger partial charge < -0.3 is 9.13 Å². The molecule has 0 aliphatic heterocycles. The van der Waals surface area contributed by atoms with Crippen molar-refractivity contribution in [2.45, 2.75) is 109 Å². The molecule has 4 heteroatoms. The summed E-state index contributed by atoms with van der Waals surface area (Å²) >= 11 is 0. The summed E-state index contributed by atoms with van der Waals surface area (Å²) in [5.74, 6) is 0. The molecule has 2 aliphatic rings. The van der Waals surface area contributed by atoms with Gasteiger partial charge in [0.05, 0.1) is 0 Å². The van der Waals surface area contributed by atoms with Crippen LogP contribution in [-0.2, 0) is 0 Å². The van der Waals surface area contributed by atoms with E-state index >= 15 is 0 Å². The molecule has 0 unspecified atom stereocenters. The average Bonchev–Trinajstić information content (AvgIpc) is 2.72. The first-order valence-corrected chi connectivity index (χ1v) is 18.3. The normalized spacial score (nSPS) is 19.3. The second kappa shape index (κ2) is 9.75. The van der Waals surface area contributed by atoms with Crippen LogP contribution in [0.5, 0.6) is 0 Å². The maximum absolute atomic E-state index is 3.84. The number of rotatable bonds is 5. The zero-order valence-electron chi connectivity index (χ0n) is 19.5. The summed E-state index contributed by atoms with van der Waals surface area (Å²) in [7, 11) is -3.30. The first kappa shape index (κ1) is 22.5. The Hall–Kier alpha value is -1.19. The van der Waals surface area contributed by atoms with Crippen molar-refractivity contribution < 1.29 is 0 Å². The molecular weight excluding hydrogens is 384 g/mol. The molecule has 0 bridgehead atoms. The zero-order chi connectivity index (χ0) is 20.9. The lowest BCUT2D eigenvalue weighted by Gasteiger charge is -2.43. The van der Waals surface area contributed by atoms with E-state index in [0.717, 1.165) is 0 Å². The third kappa shape index (κ3) is 5.70. The van der Waals surface area contributed by atoms with E-state index in [1.165, 1.54) is 69.4 Å². The Morgan fingerprint density at radius 2 is 1.10 bits per heavy atom. The highest BCUT2D eigenvalue weighted by Gasteiger charge is 2.36. The van der Waals surface area contributed by atoms with E-state index in [0.29, 0.717) is 12.1 Å². The summed E-state index contributed by atoms with van der Waals surface area (Å²) in [5.41, 5.74) is 0. The minimum absolute atomic E-state index is 0.632. The van der Waals surface area contributed by atoms with E-state index in [4.69, 9.17) is 0 Å². The second-order valence-electron chi connectivity index (χ2n) is 10.6. The average molecular weight is 427 g/mol. The molecule has 3 rings (SSSR count). The molecule has 0 radical (unpaired) electrons. The van der Waals surface area contributed by atoms with Crippen LogP contribution in [0, 0.1) is 12.1 Å². The van der Waals surface area contributed by atoms with Gasteiger partial charge >= 0.3 is 0 Å². The zero-order valence-corrected chi connectivity index (χ0v) is 21.5. The van der Waals surface area contributed by atoms with Gasteiger partial charge in [0, 0.05) is 24.2 Å². The number of hydrogen-bond donors (Lipinski definition) is 0. The largest absolute Gasteiger partial charge is 0.355 e. The third-order valence-electron chi connectivity index (χ3n) is 6.98. The Morgan fingerprint density at radius 1 is 0.655 bits per heavy atom. The van der Waals surface area contributed by atoms with Gasteiger partial charge in [-0.3, -0.25) is 0 Å². The highest BCUT2D eigenvalue weighted by Crippen LogP contribution is 2.28. The van der Waals surface area contributed by atoms with Crippen molar-refractivity contribution in [1.82, 2.24) is 9.13 Å². The molecule has 0 N–H and O–H groups in total. The van der Waals surface area contributed by atoms with Crippen molar-refractivity contribution in [3.05, 3.63) is 30.3 Å². The predicted molar refractivity (Wildman–Crippen MR) is 132 cm³/mol. The van der Waals surface area contributed by atoms with Gasteiger partial charge in [-0.1, -0.05) is 88.5 Å². The maximum Gasteiger partial charge on any atom is 0.191 e. The smallest absolute Gasteiger partial charge is 0.191 e. The fraction of sp³-hybridized carbons (Fsp3) is 0.680. The van der Waals surface area contributed by atoms with Gasteiger partial charge in [0.1, 0.15) is 0 Å². The minimum atomic E-state index is -1.82. The van der Waals surface area contributed by atoms with Gasteiger partial charge in [0.25, 0.3) is 0 Å². The van der Waals surface area contributed by atoms with Gasteiger partial charge in [-0.15, -0.1) is 0 Å². The van der Waals surface area contributed by atoms with Crippen molar-refractivity contribution in [3.63, 3.8) is 0 Å². The van der Waals surface area contributed by atoms with Crippen molar-refractivity contribution in [3.8, 4) is 12.1 Å². The van der Waals surface area contributed by atoms with Crippen LogP contribution in [0.15, 0.2) is 30.3 Å². The first-order valence-electron chi connectivity index (χ1n) is 12.0. The lowest BCUT2D eigenvalue weighted by atomic mass is 9.95. The molecule has 2 nitrogen and oxygen atoms in total. The van der Waals surface area contributed by atoms with E-state index in [1.807, 2.05) is 0 Å². The molecule has 1 aromatic carbocycles. The molecule has 1 aromatic rings. The Balaban J connectivity index is 1.94. The molecule has 0 heterocycles. The molecule has 0 amide bonds. The Kier molecular flexibility index (Phi) is 7.56. The topological polar surface area (TPSA) is 6.48 Å². The lowest BCUT2D eigenvalue weighted by molar-refractivity contribution is 0.302. The molecule has 2 fully saturated rings. The van der Waals surface area contributed by atoms with Crippen LogP contribution < -0.4 is 5.19 Å². The van der Waals surface area contributed by atoms with E-state index < -0.39 is 16.5 Å². The van der Waals surface area contributed by atoms with Crippen LogP contribution in [-0.4, -0.2) is 37.7 Å². The monoisotopic (exact) mass is 426 g/mol. The lowest BCUT2D eigenvalue weighted by Crippen LogP contribution is -2.60. The van der Waals surface area contributed by atoms with Crippen molar-refractivity contribution >= 4 is 21.7 Å². The van der Waals surface area contributed by atoms with Gasteiger partial charge in [-0.05, 0) is 44.0 Å². The van der Waals surface area contributed by atoms with Crippen molar-refractivity contribution in [2.24, 2.45) is 0 Å². The van der Waals surface area contributed by atoms with E-state index in [9.17, 15) is 0 Å². The van der Waals surface area contributed by atoms with Gasteiger partial charge in [-0.2, -0.15) is 0 Å². The number of nitrogens with zero attached hydrogens (tertiary/aromatic N) is 2. The molecule has 2 saturated carbocycles. The van der Waals surface area contributed by atoms with Crippen LogP contribution in [0.4, 0.5) is 0 Å². The molecule has 160 valence electrons. The highest BCUT2D eigenvalue weighted by atomic mass is 28.3. The van der Waals surface area contributed by atoms with Gasteiger partial charge in [0.2, 0.25) is 0 Å². The minimum Gasteiger partial charge on any atom is -0.355 e. The summed E-state index contributed by atoms with van der Waals surface area (Å²) < 4.78 is 5.33. The fourth-order valence-electron chi connectivity index (χ4n) is 5.27. The molecule has 0 saturated heterocycles. The fourth-order valence-corrected chi connectivity index (χ4v) is 9.79. The molecule has 29 heavy (non-hydrogen) atoms. The van der Waals surface area contributed by atoms with Crippen molar-refractivity contribution in [1.29, 1.82) is 0 Å². The number of hydrogen-bond acceptors (Lipinski definition) is 2. The molecule has 0 spiro atoms. The summed E-state index contributed by atoms with van der Waals surface area (Å²) in [5, 5.41) is 1.51. The van der Waals surface area contributed by atoms with Crippen LogP contribution in [0.2, 0.25) is 32.7 Å². The van der Waals surface area contributed by atoms with E-state index in [2.05, 4.69) is 84.3 Å². The summed E-state index contributed by atoms with van der Waals surface area (Å²) in [6, 6.07) is 20.2. The van der Waals surface area contributed by atoms with E-state index in [-0.39, 0.29) is 0 Å². The SMILES string of the molecule is C[Si](C)(C)N(C#CN(C1CCCCC1)[Si](C)(C)c1ccccc1)C1CCCCC1. The van der Waals surface area contributed by atoms with Crippen LogP contribution in [0.1, 0.15) is 64.2 Å². The maximum atomic E-state index is 3.84. The second-order valence-corrected chi connectivity index (χ2v) is 19.6. The van der Waals surface area contributed by atoms with Gasteiger partial charge in [0.15, 0.2) is 16.5 Å². The van der Waals surface area contributed by atoms with Crippen molar-refractivity contribution in [2.75, 3.05) is 0 Å².